The molecule has 3 heteroatoms. The Labute approximate surface area is 95.1 Å². The minimum absolute atomic E-state index is 0.404. The van der Waals surface area contributed by atoms with E-state index >= 15 is 0 Å². The summed E-state index contributed by atoms with van der Waals surface area (Å²) in [6, 6.07) is 10.1. The number of ether oxygens (including phenoxy) is 1. The Hall–Kier alpha value is -1.90. The van der Waals surface area contributed by atoms with Crippen molar-refractivity contribution in [3.63, 3.8) is 0 Å². The SMILES string of the molecule is Cc1ccc(Oc2nc(C)cc(C)n2)cc1. The van der Waals surface area contributed by atoms with Gasteiger partial charge in [0.2, 0.25) is 0 Å². The molecular formula is C13H14N2O. The van der Waals surface area contributed by atoms with Gasteiger partial charge in [-0.1, -0.05) is 17.7 Å². The minimum atomic E-state index is 0.404. The average Bonchev–Trinajstić information content (AvgIpc) is 2.20. The number of hydrogen-bond donors (Lipinski definition) is 0. The van der Waals surface area contributed by atoms with Crippen molar-refractivity contribution >= 4 is 0 Å². The molecular weight excluding hydrogens is 200 g/mol. The van der Waals surface area contributed by atoms with Crippen molar-refractivity contribution in [2.24, 2.45) is 0 Å². The maximum atomic E-state index is 5.57. The number of hydrogen-bond acceptors (Lipinski definition) is 3. The van der Waals surface area contributed by atoms with E-state index in [1.165, 1.54) is 5.56 Å². The normalized spacial score (nSPS) is 10.2. The Kier molecular flexibility index (Phi) is 2.86. The number of aromatic nitrogens is 2. The summed E-state index contributed by atoms with van der Waals surface area (Å²) in [7, 11) is 0. The van der Waals surface area contributed by atoms with E-state index in [1.54, 1.807) is 0 Å². The number of nitrogens with zero attached hydrogens (tertiary/aromatic N) is 2. The highest BCUT2D eigenvalue weighted by Gasteiger charge is 2.01. The van der Waals surface area contributed by atoms with Gasteiger partial charge in [-0.3, -0.25) is 0 Å². The first kappa shape index (κ1) is 10.6. The fourth-order valence-electron chi connectivity index (χ4n) is 1.45. The Bertz CT molecular complexity index is 472. The second-order valence-corrected chi connectivity index (χ2v) is 3.85. The molecule has 0 radical (unpaired) electrons. The molecule has 0 saturated heterocycles. The molecule has 0 aliphatic carbocycles. The van der Waals surface area contributed by atoms with Crippen LogP contribution in [0, 0.1) is 20.8 Å². The number of benzene rings is 1. The highest BCUT2D eigenvalue weighted by molar-refractivity contribution is 5.28. The van der Waals surface area contributed by atoms with Crippen LogP contribution in [0.4, 0.5) is 0 Å². The summed E-state index contributed by atoms with van der Waals surface area (Å²) >= 11 is 0. The van der Waals surface area contributed by atoms with Crippen LogP contribution < -0.4 is 4.74 Å². The van der Waals surface area contributed by atoms with Crippen LogP contribution >= 0.6 is 0 Å². The van der Waals surface area contributed by atoms with Gasteiger partial charge in [0, 0.05) is 11.4 Å². The summed E-state index contributed by atoms with van der Waals surface area (Å²) in [6.07, 6.45) is 0. The number of rotatable bonds is 2. The van der Waals surface area contributed by atoms with E-state index in [9.17, 15) is 0 Å². The van der Waals surface area contributed by atoms with Crippen molar-refractivity contribution in [2.45, 2.75) is 20.8 Å². The van der Waals surface area contributed by atoms with Crippen molar-refractivity contribution in [2.75, 3.05) is 0 Å². The summed E-state index contributed by atoms with van der Waals surface area (Å²) < 4.78 is 5.57. The first-order chi connectivity index (χ1) is 7.63. The summed E-state index contributed by atoms with van der Waals surface area (Å²) in [6.45, 7) is 5.89. The van der Waals surface area contributed by atoms with Gasteiger partial charge in [-0.2, -0.15) is 0 Å². The first-order valence-electron chi connectivity index (χ1n) is 5.20. The fraction of sp³-hybridized carbons (Fsp3) is 0.231. The quantitative estimate of drug-likeness (QED) is 0.770. The topological polar surface area (TPSA) is 35.0 Å². The second kappa shape index (κ2) is 4.31. The molecule has 16 heavy (non-hydrogen) atoms. The molecule has 1 aromatic carbocycles. The zero-order valence-corrected chi connectivity index (χ0v) is 9.69. The van der Waals surface area contributed by atoms with E-state index in [0.717, 1.165) is 17.1 Å². The molecule has 0 bridgehead atoms. The van der Waals surface area contributed by atoms with Crippen molar-refractivity contribution in [1.82, 2.24) is 9.97 Å². The molecule has 0 amide bonds. The molecule has 2 rings (SSSR count). The van der Waals surface area contributed by atoms with Crippen LogP contribution in [0.2, 0.25) is 0 Å². The van der Waals surface area contributed by atoms with Gasteiger partial charge >= 0.3 is 6.01 Å². The lowest BCUT2D eigenvalue weighted by atomic mass is 10.2. The van der Waals surface area contributed by atoms with E-state index in [2.05, 4.69) is 9.97 Å². The van der Waals surface area contributed by atoms with Gasteiger partial charge in [-0.15, -0.1) is 0 Å². The molecule has 3 nitrogen and oxygen atoms in total. The lowest BCUT2D eigenvalue weighted by Crippen LogP contribution is -1.95. The van der Waals surface area contributed by atoms with Gasteiger partial charge in [-0.05, 0) is 39.0 Å². The lowest BCUT2D eigenvalue weighted by Gasteiger charge is -2.05. The van der Waals surface area contributed by atoms with E-state index in [4.69, 9.17) is 4.74 Å². The van der Waals surface area contributed by atoms with Gasteiger partial charge in [0.1, 0.15) is 5.75 Å². The average molecular weight is 214 g/mol. The van der Waals surface area contributed by atoms with E-state index in [1.807, 2.05) is 51.1 Å². The van der Waals surface area contributed by atoms with Crippen molar-refractivity contribution < 1.29 is 4.74 Å². The van der Waals surface area contributed by atoms with Gasteiger partial charge < -0.3 is 4.74 Å². The first-order valence-corrected chi connectivity index (χ1v) is 5.20. The third-order valence-electron chi connectivity index (χ3n) is 2.19. The molecule has 2 aromatic rings. The van der Waals surface area contributed by atoms with Crippen LogP contribution in [-0.4, -0.2) is 9.97 Å². The zero-order valence-electron chi connectivity index (χ0n) is 9.69. The van der Waals surface area contributed by atoms with Gasteiger partial charge in [-0.25, -0.2) is 9.97 Å². The Morgan fingerprint density at radius 3 is 2.00 bits per heavy atom. The molecule has 0 aliphatic rings. The summed E-state index contributed by atoms with van der Waals surface area (Å²) in [5, 5.41) is 0. The maximum Gasteiger partial charge on any atom is 0.322 e. The van der Waals surface area contributed by atoms with Crippen molar-refractivity contribution in [3.05, 3.63) is 47.3 Å². The third kappa shape index (κ3) is 2.57. The Morgan fingerprint density at radius 1 is 0.875 bits per heavy atom. The molecule has 0 atom stereocenters. The molecule has 82 valence electrons. The fourth-order valence-corrected chi connectivity index (χ4v) is 1.45. The molecule has 1 heterocycles. The third-order valence-corrected chi connectivity index (χ3v) is 2.19. The highest BCUT2D eigenvalue weighted by Crippen LogP contribution is 2.18. The summed E-state index contributed by atoms with van der Waals surface area (Å²) in [5.74, 6) is 0.760. The largest absolute Gasteiger partial charge is 0.424 e. The van der Waals surface area contributed by atoms with Crippen LogP contribution in [0.3, 0.4) is 0 Å². The second-order valence-electron chi connectivity index (χ2n) is 3.85. The summed E-state index contributed by atoms with van der Waals surface area (Å²) in [5.41, 5.74) is 3.03. The highest BCUT2D eigenvalue weighted by atomic mass is 16.5. The van der Waals surface area contributed by atoms with Crippen LogP contribution in [0.25, 0.3) is 0 Å². The van der Waals surface area contributed by atoms with Crippen molar-refractivity contribution in [1.29, 1.82) is 0 Å². The summed E-state index contributed by atoms with van der Waals surface area (Å²) in [4.78, 5) is 8.44. The smallest absolute Gasteiger partial charge is 0.322 e. The predicted molar refractivity (Wildman–Crippen MR) is 62.8 cm³/mol. The van der Waals surface area contributed by atoms with Crippen LogP contribution in [-0.2, 0) is 0 Å². The Balaban J connectivity index is 2.23. The van der Waals surface area contributed by atoms with Gasteiger partial charge in [0.25, 0.3) is 0 Å². The van der Waals surface area contributed by atoms with Crippen LogP contribution in [0.5, 0.6) is 11.8 Å². The van der Waals surface area contributed by atoms with Gasteiger partial charge in [0.05, 0.1) is 0 Å². The molecule has 0 aliphatic heterocycles. The molecule has 0 N–H and O–H groups in total. The monoisotopic (exact) mass is 214 g/mol. The van der Waals surface area contributed by atoms with Gasteiger partial charge in [0.15, 0.2) is 0 Å². The maximum absolute atomic E-state index is 5.57. The van der Waals surface area contributed by atoms with E-state index < -0.39 is 0 Å². The number of aryl methyl sites for hydroxylation is 3. The Morgan fingerprint density at radius 2 is 1.44 bits per heavy atom. The van der Waals surface area contributed by atoms with E-state index in [0.29, 0.717) is 6.01 Å². The minimum Gasteiger partial charge on any atom is -0.424 e. The lowest BCUT2D eigenvalue weighted by molar-refractivity contribution is 0.439. The van der Waals surface area contributed by atoms with Crippen LogP contribution in [0.15, 0.2) is 30.3 Å². The molecule has 0 saturated carbocycles. The molecule has 0 fully saturated rings. The molecule has 0 unspecified atom stereocenters. The standard InChI is InChI=1S/C13H14N2O/c1-9-4-6-12(7-5-9)16-13-14-10(2)8-11(3)15-13/h4-8H,1-3H3. The molecule has 1 aromatic heterocycles. The predicted octanol–water partition coefficient (Wildman–Crippen LogP) is 3.19. The van der Waals surface area contributed by atoms with Crippen molar-refractivity contribution in [3.8, 4) is 11.8 Å². The van der Waals surface area contributed by atoms with E-state index in [-0.39, 0.29) is 0 Å². The van der Waals surface area contributed by atoms with Crippen LogP contribution in [0.1, 0.15) is 17.0 Å². The molecule has 0 spiro atoms. The zero-order chi connectivity index (χ0) is 11.5.